The van der Waals surface area contributed by atoms with E-state index in [4.69, 9.17) is 0 Å². The van der Waals surface area contributed by atoms with Crippen LogP contribution < -0.4 is 0 Å². The minimum Gasteiger partial charge on any atom is -0.159 e. The maximum absolute atomic E-state index is 4.08. The van der Waals surface area contributed by atoms with Crippen molar-refractivity contribution >= 4 is 21.7 Å². The van der Waals surface area contributed by atoms with E-state index < -0.39 is 0 Å². The summed E-state index contributed by atoms with van der Waals surface area (Å²) < 4.78 is 0. The van der Waals surface area contributed by atoms with Crippen molar-refractivity contribution in [2.24, 2.45) is 0 Å². The van der Waals surface area contributed by atoms with Crippen molar-refractivity contribution in [2.75, 3.05) is 0 Å². The highest BCUT2D eigenvalue weighted by molar-refractivity contribution is 6.05. The van der Waals surface area contributed by atoms with Gasteiger partial charge in [0.1, 0.15) is 0 Å². The van der Waals surface area contributed by atoms with Crippen molar-refractivity contribution in [1.82, 2.24) is 10.2 Å². The number of hydrogen-bond donors (Lipinski definition) is 0. The molecule has 0 saturated heterocycles. The predicted octanol–water partition coefficient (Wildman–Crippen LogP) is 2.78. The Morgan fingerprint density at radius 2 is 1.71 bits per heavy atom. The third-order valence-electron chi connectivity index (χ3n) is 2.42. The lowest BCUT2D eigenvalue weighted by Gasteiger charge is -2.00. The molecule has 0 aliphatic carbocycles. The van der Waals surface area contributed by atoms with E-state index in [2.05, 4.69) is 28.4 Å². The van der Waals surface area contributed by atoms with Crippen LogP contribution in [0.15, 0.2) is 48.7 Å². The average molecular weight is 180 g/mol. The molecular formula is C12H8N2. The second-order valence-corrected chi connectivity index (χ2v) is 3.25. The largest absolute Gasteiger partial charge is 0.159 e. The summed E-state index contributed by atoms with van der Waals surface area (Å²) in [5.41, 5.74) is 0.950. The number of hydrogen-bond acceptors (Lipinski definition) is 2. The standard InChI is InChI=1S/C12H8N2/c1-2-4-10-9(3-1)5-6-12-11(10)7-8-13-14-12/h1-8H. The first kappa shape index (κ1) is 7.44. The lowest BCUT2D eigenvalue weighted by Crippen LogP contribution is -1.83. The number of rotatable bonds is 0. The van der Waals surface area contributed by atoms with Gasteiger partial charge in [0.15, 0.2) is 0 Å². The zero-order valence-corrected chi connectivity index (χ0v) is 7.51. The fourth-order valence-electron chi connectivity index (χ4n) is 1.75. The van der Waals surface area contributed by atoms with Crippen molar-refractivity contribution in [2.45, 2.75) is 0 Å². The van der Waals surface area contributed by atoms with Gasteiger partial charge in [-0.2, -0.15) is 10.2 Å². The van der Waals surface area contributed by atoms with E-state index in [1.165, 1.54) is 10.8 Å². The molecule has 0 aliphatic heterocycles. The summed E-state index contributed by atoms with van der Waals surface area (Å²) in [5, 5.41) is 11.6. The Morgan fingerprint density at radius 3 is 2.71 bits per heavy atom. The molecule has 66 valence electrons. The van der Waals surface area contributed by atoms with E-state index in [1.54, 1.807) is 6.20 Å². The summed E-state index contributed by atoms with van der Waals surface area (Å²) in [6, 6.07) is 14.4. The molecular weight excluding hydrogens is 172 g/mol. The van der Waals surface area contributed by atoms with Gasteiger partial charge in [0.05, 0.1) is 11.7 Å². The summed E-state index contributed by atoms with van der Waals surface area (Å²) in [6.45, 7) is 0. The molecule has 0 N–H and O–H groups in total. The molecule has 0 unspecified atom stereocenters. The van der Waals surface area contributed by atoms with Crippen molar-refractivity contribution < 1.29 is 0 Å². The first-order chi connectivity index (χ1) is 6.95. The molecule has 0 saturated carbocycles. The highest BCUT2D eigenvalue weighted by Crippen LogP contribution is 2.22. The molecule has 0 radical (unpaired) electrons. The van der Waals surface area contributed by atoms with Crippen molar-refractivity contribution in [3.63, 3.8) is 0 Å². The molecule has 2 nitrogen and oxygen atoms in total. The van der Waals surface area contributed by atoms with Crippen molar-refractivity contribution in [3.05, 3.63) is 48.7 Å². The van der Waals surface area contributed by atoms with Gasteiger partial charge < -0.3 is 0 Å². The molecule has 14 heavy (non-hydrogen) atoms. The normalized spacial score (nSPS) is 10.9. The van der Waals surface area contributed by atoms with Gasteiger partial charge in [0, 0.05) is 5.39 Å². The minimum atomic E-state index is 0.950. The average Bonchev–Trinajstić information content (AvgIpc) is 2.29. The number of benzene rings is 2. The van der Waals surface area contributed by atoms with Gasteiger partial charge in [-0.1, -0.05) is 30.3 Å². The first-order valence-corrected chi connectivity index (χ1v) is 4.54. The highest BCUT2D eigenvalue weighted by Gasteiger charge is 1.98. The van der Waals surface area contributed by atoms with Gasteiger partial charge in [-0.05, 0) is 22.9 Å². The van der Waals surface area contributed by atoms with Crippen LogP contribution in [0.25, 0.3) is 21.7 Å². The third kappa shape index (κ3) is 0.973. The molecule has 0 atom stereocenters. The monoisotopic (exact) mass is 180 g/mol. The molecule has 3 aromatic rings. The van der Waals surface area contributed by atoms with Crippen molar-refractivity contribution in [1.29, 1.82) is 0 Å². The molecule has 1 aromatic heterocycles. The lowest BCUT2D eigenvalue weighted by atomic mass is 10.1. The molecule has 2 heteroatoms. The van der Waals surface area contributed by atoms with Crippen LogP contribution in [0.2, 0.25) is 0 Å². The van der Waals surface area contributed by atoms with Gasteiger partial charge in [0.2, 0.25) is 0 Å². The summed E-state index contributed by atoms with van der Waals surface area (Å²) in [7, 11) is 0. The van der Waals surface area contributed by atoms with E-state index in [0.29, 0.717) is 0 Å². The zero-order valence-electron chi connectivity index (χ0n) is 7.51. The molecule has 0 spiro atoms. The Morgan fingerprint density at radius 1 is 0.786 bits per heavy atom. The predicted molar refractivity (Wildman–Crippen MR) is 57.0 cm³/mol. The SMILES string of the molecule is c1ccc2c(c1)ccc1nnccc12. The smallest absolute Gasteiger partial charge is 0.0936 e. The van der Waals surface area contributed by atoms with Crippen LogP contribution in [-0.2, 0) is 0 Å². The molecule has 1 heterocycles. The minimum absolute atomic E-state index is 0.950. The van der Waals surface area contributed by atoms with Gasteiger partial charge in [-0.25, -0.2) is 0 Å². The Kier molecular flexibility index (Phi) is 1.47. The molecule has 0 aliphatic rings. The Hall–Kier alpha value is -1.96. The molecule has 3 rings (SSSR count). The van der Waals surface area contributed by atoms with Crippen LogP contribution in [0.4, 0.5) is 0 Å². The van der Waals surface area contributed by atoms with E-state index in [9.17, 15) is 0 Å². The zero-order chi connectivity index (χ0) is 9.38. The topological polar surface area (TPSA) is 25.8 Å². The number of aromatic nitrogens is 2. The summed E-state index contributed by atoms with van der Waals surface area (Å²) in [6.07, 6.45) is 1.73. The van der Waals surface area contributed by atoms with E-state index in [0.717, 1.165) is 10.9 Å². The van der Waals surface area contributed by atoms with Gasteiger partial charge in [-0.15, -0.1) is 0 Å². The van der Waals surface area contributed by atoms with Gasteiger partial charge in [-0.3, -0.25) is 0 Å². The molecule has 0 bridgehead atoms. The summed E-state index contributed by atoms with van der Waals surface area (Å²) in [5.74, 6) is 0. The quantitative estimate of drug-likeness (QED) is 0.497. The van der Waals surface area contributed by atoms with Crippen LogP contribution in [0.1, 0.15) is 0 Å². The van der Waals surface area contributed by atoms with Crippen LogP contribution >= 0.6 is 0 Å². The third-order valence-corrected chi connectivity index (χ3v) is 2.42. The Bertz CT molecular complexity index is 547. The van der Waals surface area contributed by atoms with E-state index >= 15 is 0 Å². The summed E-state index contributed by atoms with van der Waals surface area (Å²) in [4.78, 5) is 0. The Balaban J connectivity index is 2.61. The van der Waals surface area contributed by atoms with Crippen LogP contribution in [0.3, 0.4) is 0 Å². The number of fused-ring (bicyclic) bond motifs is 3. The fraction of sp³-hybridized carbons (Fsp3) is 0. The maximum atomic E-state index is 4.08. The molecule has 0 amide bonds. The van der Waals surface area contributed by atoms with E-state index in [-0.39, 0.29) is 0 Å². The fourth-order valence-corrected chi connectivity index (χ4v) is 1.75. The van der Waals surface area contributed by atoms with Gasteiger partial charge >= 0.3 is 0 Å². The highest BCUT2D eigenvalue weighted by atomic mass is 15.1. The summed E-state index contributed by atoms with van der Waals surface area (Å²) >= 11 is 0. The van der Waals surface area contributed by atoms with Crippen molar-refractivity contribution in [3.8, 4) is 0 Å². The van der Waals surface area contributed by atoms with Gasteiger partial charge in [0.25, 0.3) is 0 Å². The molecule has 0 fully saturated rings. The van der Waals surface area contributed by atoms with E-state index in [1.807, 2.05) is 24.3 Å². The van der Waals surface area contributed by atoms with Crippen LogP contribution in [-0.4, -0.2) is 10.2 Å². The number of nitrogens with zero attached hydrogens (tertiary/aromatic N) is 2. The lowest BCUT2D eigenvalue weighted by molar-refractivity contribution is 1.08. The van der Waals surface area contributed by atoms with Crippen LogP contribution in [0, 0.1) is 0 Å². The second-order valence-electron chi connectivity index (χ2n) is 3.25. The second kappa shape index (κ2) is 2.77. The van der Waals surface area contributed by atoms with Crippen LogP contribution in [0.5, 0.6) is 0 Å². The molecule has 2 aromatic carbocycles. The maximum Gasteiger partial charge on any atom is 0.0936 e. The first-order valence-electron chi connectivity index (χ1n) is 4.54. The Labute approximate surface area is 81.2 Å².